The molecule has 0 radical (unpaired) electrons. The molecule has 9 heteroatoms. The number of halogens is 2. The number of hydrogen-bond acceptors (Lipinski definition) is 4. The van der Waals surface area contributed by atoms with Crippen LogP contribution in [0.25, 0.3) is 0 Å². The molecule has 0 aliphatic heterocycles. The predicted octanol–water partition coefficient (Wildman–Crippen LogP) is 4.15. The molecule has 1 atom stereocenters. The number of hydrogen-bond donors (Lipinski definition) is 2. The van der Waals surface area contributed by atoms with Gasteiger partial charge in [0.05, 0.1) is 10.9 Å². The van der Waals surface area contributed by atoms with Gasteiger partial charge in [-0.1, -0.05) is 42.8 Å². The van der Waals surface area contributed by atoms with Crippen LogP contribution in [0.3, 0.4) is 0 Å². The summed E-state index contributed by atoms with van der Waals surface area (Å²) in [5.41, 5.74) is 2.67. The van der Waals surface area contributed by atoms with E-state index < -0.39 is 28.6 Å². The average molecular weight is 455 g/mol. The fourth-order valence-electron chi connectivity index (χ4n) is 3.60. The standard InChI is InChI=1S/C22H28F2N2O4S/c1-5-18(17-8-6-7-9-19(17)30-22(23)24)26-20(27)10-11-25-31(28,29)21-15(3)12-14(2)13-16(21)4/h6-9,12-13,18,22,25H,5,10-11H2,1-4H3,(H,26,27). The van der Waals surface area contributed by atoms with Gasteiger partial charge in [0.25, 0.3) is 0 Å². The first kappa shape index (κ1) is 24.7. The van der Waals surface area contributed by atoms with E-state index in [0.29, 0.717) is 23.1 Å². The molecule has 2 N–H and O–H groups in total. The third kappa shape index (κ3) is 6.73. The van der Waals surface area contributed by atoms with Crippen molar-refractivity contribution in [1.29, 1.82) is 0 Å². The summed E-state index contributed by atoms with van der Waals surface area (Å²) in [6, 6.07) is 9.30. The van der Waals surface area contributed by atoms with Crippen LogP contribution in [0.5, 0.6) is 5.75 Å². The zero-order chi connectivity index (χ0) is 23.2. The van der Waals surface area contributed by atoms with E-state index in [-0.39, 0.29) is 23.6 Å². The second-order valence-corrected chi connectivity index (χ2v) is 9.02. The van der Waals surface area contributed by atoms with Gasteiger partial charge in [-0.05, 0) is 44.4 Å². The van der Waals surface area contributed by atoms with Gasteiger partial charge in [-0.2, -0.15) is 8.78 Å². The molecule has 2 aromatic carbocycles. The number of carbonyl (C=O) groups excluding carboxylic acids is 1. The monoisotopic (exact) mass is 454 g/mol. The summed E-state index contributed by atoms with van der Waals surface area (Å²) in [5, 5.41) is 2.75. The highest BCUT2D eigenvalue weighted by molar-refractivity contribution is 7.89. The summed E-state index contributed by atoms with van der Waals surface area (Å²) in [4.78, 5) is 12.6. The normalized spacial score (nSPS) is 12.6. The van der Waals surface area contributed by atoms with Crippen LogP contribution < -0.4 is 14.8 Å². The minimum atomic E-state index is -3.77. The largest absolute Gasteiger partial charge is 0.434 e. The van der Waals surface area contributed by atoms with Crippen molar-refractivity contribution in [3.05, 3.63) is 58.7 Å². The Labute approximate surface area is 182 Å². The van der Waals surface area contributed by atoms with Crippen molar-refractivity contribution < 1.29 is 26.7 Å². The Bertz CT molecular complexity index is 1000. The third-order valence-electron chi connectivity index (χ3n) is 4.77. The maximum atomic E-state index is 12.7. The number of aryl methyl sites for hydroxylation is 3. The Morgan fingerprint density at radius 2 is 1.71 bits per heavy atom. The summed E-state index contributed by atoms with van der Waals surface area (Å²) in [6.07, 6.45) is 0.348. The van der Waals surface area contributed by atoms with Gasteiger partial charge in [0.15, 0.2) is 0 Å². The van der Waals surface area contributed by atoms with Crippen molar-refractivity contribution in [3.63, 3.8) is 0 Å². The lowest BCUT2D eigenvalue weighted by molar-refractivity contribution is -0.121. The topological polar surface area (TPSA) is 84.5 Å². The number of amides is 1. The van der Waals surface area contributed by atoms with Crippen LogP contribution in [0.2, 0.25) is 0 Å². The maximum absolute atomic E-state index is 12.7. The fourth-order valence-corrected chi connectivity index (χ4v) is 5.08. The first-order chi connectivity index (χ1) is 14.5. The van der Waals surface area contributed by atoms with E-state index in [9.17, 15) is 22.0 Å². The molecule has 0 spiro atoms. The van der Waals surface area contributed by atoms with Gasteiger partial charge in [0.2, 0.25) is 15.9 Å². The Morgan fingerprint density at radius 3 is 2.29 bits per heavy atom. The highest BCUT2D eigenvalue weighted by Gasteiger charge is 2.21. The lowest BCUT2D eigenvalue weighted by Crippen LogP contribution is -2.33. The molecular formula is C22H28F2N2O4S. The van der Waals surface area contributed by atoms with Crippen LogP contribution in [-0.4, -0.2) is 27.5 Å². The molecule has 31 heavy (non-hydrogen) atoms. The second kappa shape index (κ2) is 10.7. The van der Waals surface area contributed by atoms with E-state index in [4.69, 9.17) is 0 Å². The van der Waals surface area contributed by atoms with Crippen LogP contribution in [0, 0.1) is 20.8 Å². The number of benzene rings is 2. The second-order valence-electron chi connectivity index (χ2n) is 7.32. The highest BCUT2D eigenvalue weighted by Crippen LogP contribution is 2.28. The van der Waals surface area contributed by atoms with Gasteiger partial charge in [0.1, 0.15) is 5.75 Å². The molecule has 0 heterocycles. The molecule has 0 saturated heterocycles. The number of alkyl halides is 2. The molecule has 0 aromatic heterocycles. The zero-order valence-corrected chi connectivity index (χ0v) is 18.9. The van der Waals surface area contributed by atoms with E-state index in [1.807, 2.05) is 6.92 Å². The van der Waals surface area contributed by atoms with Gasteiger partial charge in [-0.25, -0.2) is 13.1 Å². The molecule has 170 valence electrons. The molecule has 0 fully saturated rings. The first-order valence-electron chi connectivity index (χ1n) is 9.95. The lowest BCUT2D eigenvalue weighted by Gasteiger charge is -2.20. The van der Waals surface area contributed by atoms with E-state index in [0.717, 1.165) is 5.56 Å². The summed E-state index contributed by atoms with van der Waals surface area (Å²) in [5.74, 6) is -0.408. The lowest BCUT2D eigenvalue weighted by atomic mass is 10.0. The van der Waals surface area contributed by atoms with Crippen LogP contribution in [0.4, 0.5) is 8.78 Å². The Kier molecular flexibility index (Phi) is 8.52. The van der Waals surface area contributed by atoms with Crippen molar-refractivity contribution in [1.82, 2.24) is 10.0 Å². The van der Waals surface area contributed by atoms with Crippen LogP contribution in [0.15, 0.2) is 41.3 Å². The summed E-state index contributed by atoms with van der Waals surface area (Å²) >= 11 is 0. The van der Waals surface area contributed by atoms with E-state index in [1.54, 1.807) is 51.1 Å². The minimum Gasteiger partial charge on any atom is -0.434 e. The number of para-hydroxylation sites is 1. The van der Waals surface area contributed by atoms with Crippen molar-refractivity contribution in [2.45, 2.75) is 58.1 Å². The summed E-state index contributed by atoms with van der Waals surface area (Å²) in [7, 11) is -3.77. The molecule has 2 aromatic rings. The minimum absolute atomic E-state index is 0.00401. The zero-order valence-electron chi connectivity index (χ0n) is 18.0. The third-order valence-corrected chi connectivity index (χ3v) is 6.54. The molecule has 6 nitrogen and oxygen atoms in total. The fraction of sp³-hybridized carbons (Fsp3) is 0.409. The van der Waals surface area contributed by atoms with Crippen molar-refractivity contribution in [2.24, 2.45) is 0 Å². The quantitative estimate of drug-likeness (QED) is 0.565. The molecule has 2 rings (SSSR count). The number of ether oxygens (including phenoxy) is 1. The Hall–Kier alpha value is -2.52. The van der Waals surface area contributed by atoms with Gasteiger partial charge >= 0.3 is 6.61 Å². The first-order valence-corrected chi connectivity index (χ1v) is 11.4. The van der Waals surface area contributed by atoms with Gasteiger partial charge < -0.3 is 10.1 Å². The molecule has 0 saturated carbocycles. The van der Waals surface area contributed by atoms with E-state index >= 15 is 0 Å². The number of nitrogens with one attached hydrogen (secondary N) is 2. The molecule has 0 aliphatic carbocycles. The number of carbonyl (C=O) groups is 1. The molecule has 0 bridgehead atoms. The molecule has 0 aliphatic rings. The molecule has 1 unspecified atom stereocenters. The van der Waals surface area contributed by atoms with Crippen LogP contribution in [0.1, 0.15) is 48.1 Å². The van der Waals surface area contributed by atoms with Gasteiger partial charge in [-0.15, -0.1) is 0 Å². The van der Waals surface area contributed by atoms with Crippen molar-refractivity contribution in [3.8, 4) is 5.75 Å². The van der Waals surface area contributed by atoms with Crippen LogP contribution in [-0.2, 0) is 14.8 Å². The molecule has 1 amide bonds. The summed E-state index contributed by atoms with van der Waals surface area (Å²) < 4.78 is 57.7. The highest BCUT2D eigenvalue weighted by atomic mass is 32.2. The van der Waals surface area contributed by atoms with Crippen LogP contribution >= 0.6 is 0 Å². The Morgan fingerprint density at radius 1 is 1.10 bits per heavy atom. The van der Waals surface area contributed by atoms with E-state index in [2.05, 4.69) is 14.8 Å². The molecular weight excluding hydrogens is 426 g/mol. The van der Waals surface area contributed by atoms with E-state index in [1.165, 1.54) is 6.07 Å². The number of rotatable bonds is 10. The average Bonchev–Trinajstić information content (AvgIpc) is 2.65. The van der Waals surface area contributed by atoms with Gasteiger partial charge in [0, 0.05) is 18.5 Å². The van der Waals surface area contributed by atoms with Crippen molar-refractivity contribution >= 4 is 15.9 Å². The Balaban J connectivity index is 2.02. The van der Waals surface area contributed by atoms with Crippen molar-refractivity contribution in [2.75, 3.05) is 6.54 Å². The maximum Gasteiger partial charge on any atom is 0.387 e. The smallest absolute Gasteiger partial charge is 0.387 e. The van der Waals surface area contributed by atoms with Gasteiger partial charge in [-0.3, -0.25) is 4.79 Å². The SMILES string of the molecule is CCC(NC(=O)CCNS(=O)(=O)c1c(C)cc(C)cc1C)c1ccccc1OC(F)F. The summed E-state index contributed by atoms with van der Waals surface area (Å²) in [6.45, 7) is 4.08. The predicted molar refractivity (Wildman–Crippen MR) is 115 cm³/mol. The number of sulfonamides is 1.